The molecule has 0 radical (unpaired) electrons. The topological polar surface area (TPSA) is 50.4 Å². The van der Waals surface area contributed by atoms with Crippen molar-refractivity contribution in [3.05, 3.63) is 59.7 Å². The van der Waals surface area contributed by atoms with Gasteiger partial charge >= 0.3 is 6.01 Å². The van der Waals surface area contributed by atoms with Gasteiger partial charge in [0.25, 0.3) is 0 Å². The van der Waals surface area contributed by atoms with Crippen LogP contribution in [0.15, 0.2) is 58.0 Å². The number of benzene rings is 2. The molecule has 4 heteroatoms. The van der Waals surface area contributed by atoms with E-state index >= 15 is 0 Å². The highest BCUT2D eigenvalue weighted by Gasteiger charge is 2.12. The van der Waals surface area contributed by atoms with E-state index in [0.29, 0.717) is 6.01 Å². The summed E-state index contributed by atoms with van der Waals surface area (Å²) in [5.41, 5.74) is 6.86. The van der Waals surface area contributed by atoms with Gasteiger partial charge in [0.1, 0.15) is 5.52 Å². The van der Waals surface area contributed by atoms with Gasteiger partial charge in [0.2, 0.25) is 0 Å². The summed E-state index contributed by atoms with van der Waals surface area (Å²) in [6.07, 6.45) is 1.75. The highest BCUT2D eigenvalue weighted by Crippen LogP contribution is 2.22. The first-order valence-corrected chi connectivity index (χ1v) is 7.27. The summed E-state index contributed by atoms with van der Waals surface area (Å²) in [5.74, 6) is 0. The maximum Gasteiger partial charge on any atom is 0.316 e. The largest absolute Gasteiger partial charge is 0.422 e. The van der Waals surface area contributed by atoms with E-state index in [1.807, 2.05) is 24.3 Å². The van der Waals surface area contributed by atoms with Gasteiger partial charge in [-0.2, -0.15) is 10.1 Å². The number of nitrogens with zero attached hydrogens (tertiary/aromatic N) is 2. The third-order valence-corrected chi connectivity index (χ3v) is 3.44. The molecular formula is C18H19N3O. The highest BCUT2D eigenvalue weighted by molar-refractivity contribution is 5.80. The van der Waals surface area contributed by atoms with Crippen molar-refractivity contribution in [1.29, 1.82) is 0 Å². The molecular weight excluding hydrogens is 274 g/mol. The van der Waals surface area contributed by atoms with Gasteiger partial charge in [-0.1, -0.05) is 57.2 Å². The van der Waals surface area contributed by atoms with Crippen LogP contribution in [-0.2, 0) is 5.41 Å². The lowest BCUT2D eigenvalue weighted by atomic mass is 9.87. The Kier molecular flexibility index (Phi) is 3.67. The van der Waals surface area contributed by atoms with Crippen LogP contribution in [0.2, 0.25) is 0 Å². The SMILES string of the molecule is CC(C)(C)c1ccc(C=NNc2nc3ccccc3o2)cc1. The fourth-order valence-electron chi connectivity index (χ4n) is 2.15. The lowest BCUT2D eigenvalue weighted by Crippen LogP contribution is -2.10. The summed E-state index contributed by atoms with van der Waals surface area (Å²) in [6.45, 7) is 6.60. The van der Waals surface area contributed by atoms with Gasteiger partial charge in [0.15, 0.2) is 5.58 Å². The molecule has 0 unspecified atom stereocenters. The maximum absolute atomic E-state index is 5.53. The molecule has 22 heavy (non-hydrogen) atoms. The van der Waals surface area contributed by atoms with Crippen LogP contribution < -0.4 is 5.43 Å². The van der Waals surface area contributed by atoms with E-state index in [4.69, 9.17) is 4.42 Å². The molecule has 3 aromatic rings. The molecule has 0 amide bonds. The number of rotatable bonds is 3. The van der Waals surface area contributed by atoms with Crippen LogP contribution in [-0.4, -0.2) is 11.2 Å². The molecule has 0 aliphatic heterocycles. The molecule has 0 fully saturated rings. The van der Waals surface area contributed by atoms with Gasteiger partial charge in [-0.3, -0.25) is 0 Å². The molecule has 112 valence electrons. The normalized spacial score (nSPS) is 12.1. The van der Waals surface area contributed by atoms with Crippen LogP contribution in [0.5, 0.6) is 0 Å². The van der Waals surface area contributed by atoms with Gasteiger partial charge in [0, 0.05) is 0 Å². The van der Waals surface area contributed by atoms with Crippen molar-refractivity contribution in [3.63, 3.8) is 0 Å². The molecule has 1 N–H and O–H groups in total. The minimum absolute atomic E-state index is 0.159. The van der Waals surface area contributed by atoms with Gasteiger partial charge in [-0.15, -0.1) is 0 Å². The van der Waals surface area contributed by atoms with Crippen LogP contribution in [0.3, 0.4) is 0 Å². The number of nitrogens with one attached hydrogen (secondary N) is 1. The van der Waals surface area contributed by atoms with E-state index in [-0.39, 0.29) is 5.41 Å². The summed E-state index contributed by atoms with van der Waals surface area (Å²) < 4.78 is 5.53. The third kappa shape index (κ3) is 3.17. The Hall–Kier alpha value is -2.62. The molecule has 0 bridgehead atoms. The smallest absolute Gasteiger partial charge is 0.316 e. The maximum atomic E-state index is 5.53. The van der Waals surface area contributed by atoms with Crippen molar-refractivity contribution >= 4 is 23.3 Å². The van der Waals surface area contributed by atoms with Crippen molar-refractivity contribution in [3.8, 4) is 0 Å². The summed E-state index contributed by atoms with van der Waals surface area (Å²) in [4.78, 5) is 4.30. The van der Waals surface area contributed by atoms with Crippen LogP contribution >= 0.6 is 0 Å². The fourth-order valence-corrected chi connectivity index (χ4v) is 2.15. The Labute approximate surface area is 129 Å². The molecule has 1 aromatic heterocycles. The second-order valence-electron chi connectivity index (χ2n) is 6.23. The van der Waals surface area contributed by atoms with Crippen molar-refractivity contribution < 1.29 is 4.42 Å². The zero-order valence-corrected chi connectivity index (χ0v) is 13.0. The lowest BCUT2D eigenvalue weighted by molar-refractivity contribution is 0.590. The summed E-state index contributed by atoms with van der Waals surface area (Å²) in [6, 6.07) is 16.4. The molecule has 0 aliphatic carbocycles. The van der Waals surface area contributed by atoms with Crippen LogP contribution in [0.25, 0.3) is 11.1 Å². The van der Waals surface area contributed by atoms with Crippen molar-refractivity contribution in [2.24, 2.45) is 5.10 Å². The number of hydrogen-bond donors (Lipinski definition) is 1. The predicted molar refractivity (Wildman–Crippen MR) is 90.4 cm³/mol. The van der Waals surface area contributed by atoms with Gasteiger partial charge in [-0.25, -0.2) is 5.43 Å². The number of fused-ring (bicyclic) bond motifs is 1. The Morgan fingerprint density at radius 1 is 1.05 bits per heavy atom. The number of anilines is 1. The molecule has 0 aliphatic rings. The minimum atomic E-state index is 0.159. The van der Waals surface area contributed by atoms with Crippen molar-refractivity contribution in [1.82, 2.24) is 4.98 Å². The lowest BCUT2D eigenvalue weighted by Gasteiger charge is -2.18. The molecule has 2 aromatic carbocycles. The van der Waals surface area contributed by atoms with E-state index in [1.165, 1.54) is 5.56 Å². The minimum Gasteiger partial charge on any atom is -0.422 e. The number of hydrogen-bond acceptors (Lipinski definition) is 4. The quantitative estimate of drug-likeness (QED) is 0.568. The molecule has 4 nitrogen and oxygen atoms in total. The predicted octanol–water partition coefficient (Wildman–Crippen LogP) is 4.57. The fraction of sp³-hybridized carbons (Fsp3) is 0.222. The molecule has 0 atom stereocenters. The summed E-state index contributed by atoms with van der Waals surface area (Å²) >= 11 is 0. The first-order valence-electron chi connectivity index (χ1n) is 7.27. The molecule has 0 spiro atoms. The number of aromatic nitrogens is 1. The molecule has 0 saturated heterocycles. The Morgan fingerprint density at radius 2 is 1.77 bits per heavy atom. The summed E-state index contributed by atoms with van der Waals surface area (Å²) in [5, 5.41) is 4.17. The first-order chi connectivity index (χ1) is 10.5. The summed E-state index contributed by atoms with van der Waals surface area (Å²) in [7, 11) is 0. The zero-order valence-electron chi connectivity index (χ0n) is 13.0. The van der Waals surface area contributed by atoms with E-state index in [0.717, 1.165) is 16.7 Å². The number of oxazole rings is 1. The number of hydrazone groups is 1. The Morgan fingerprint density at radius 3 is 2.45 bits per heavy atom. The Bertz CT molecular complexity index is 762. The van der Waals surface area contributed by atoms with E-state index in [2.05, 4.69) is 60.5 Å². The van der Waals surface area contributed by atoms with E-state index in [9.17, 15) is 0 Å². The standard InChI is InChI=1S/C18H19N3O/c1-18(2,3)14-10-8-13(9-11-14)12-19-21-17-20-15-6-4-5-7-16(15)22-17/h4-12H,1-3H3,(H,20,21). The number of para-hydroxylation sites is 2. The molecule has 3 rings (SSSR count). The first kappa shape index (κ1) is 14.3. The van der Waals surface area contributed by atoms with Gasteiger partial charge < -0.3 is 4.42 Å². The van der Waals surface area contributed by atoms with Crippen LogP contribution in [0.4, 0.5) is 6.01 Å². The zero-order chi connectivity index (χ0) is 15.6. The second kappa shape index (κ2) is 5.64. The average molecular weight is 293 g/mol. The van der Waals surface area contributed by atoms with E-state index < -0.39 is 0 Å². The molecule has 1 heterocycles. The van der Waals surface area contributed by atoms with E-state index in [1.54, 1.807) is 6.21 Å². The second-order valence-corrected chi connectivity index (χ2v) is 6.23. The van der Waals surface area contributed by atoms with Crippen molar-refractivity contribution in [2.45, 2.75) is 26.2 Å². The van der Waals surface area contributed by atoms with Crippen molar-refractivity contribution in [2.75, 3.05) is 5.43 Å². The van der Waals surface area contributed by atoms with Gasteiger partial charge in [0.05, 0.1) is 6.21 Å². The monoisotopic (exact) mass is 293 g/mol. The third-order valence-electron chi connectivity index (χ3n) is 3.44. The van der Waals surface area contributed by atoms with Crippen LogP contribution in [0, 0.1) is 0 Å². The van der Waals surface area contributed by atoms with Gasteiger partial charge in [-0.05, 0) is 28.7 Å². The highest BCUT2D eigenvalue weighted by atomic mass is 16.4. The van der Waals surface area contributed by atoms with Crippen LogP contribution in [0.1, 0.15) is 31.9 Å². The average Bonchev–Trinajstić information content (AvgIpc) is 2.89. The Balaban J connectivity index is 1.69. The molecule has 0 saturated carbocycles.